The van der Waals surface area contributed by atoms with E-state index in [-0.39, 0.29) is 0 Å². The Bertz CT molecular complexity index is 151. The van der Waals surface area contributed by atoms with Crippen LogP contribution in [0.5, 0.6) is 0 Å². The fourth-order valence-electron chi connectivity index (χ4n) is 1.24. The van der Waals surface area contributed by atoms with Crippen molar-refractivity contribution < 1.29 is 4.59 Å². The second kappa shape index (κ2) is 4.04. The van der Waals surface area contributed by atoms with Gasteiger partial charge < -0.3 is 0 Å². The normalized spacial score (nSPS) is 12.4. The lowest BCUT2D eigenvalue weighted by atomic mass is 9.98. The van der Waals surface area contributed by atoms with Crippen molar-refractivity contribution in [2.75, 3.05) is 21.1 Å². The molecule has 0 fully saturated rings. The van der Waals surface area contributed by atoms with Crippen molar-refractivity contribution in [1.82, 2.24) is 0 Å². The first-order valence-electron chi connectivity index (χ1n) is 4.65. The van der Waals surface area contributed by atoms with Gasteiger partial charge in [0.05, 0.1) is 26.9 Å². The average Bonchev–Trinajstić information content (AvgIpc) is 1.79. The zero-order valence-corrected chi connectivity index (χ0v) is 9.55. The standard InChI is InChI=1S/C10H23N2/c1-8(2)10(9(3)4)11-12(5,6)7/h8-9H,1-7H3/q+1. The lowest BCUT2D eigenvalue weighted by Gasteiger charge is -2.21. The first kappa shape index (κ1) is 11.6. The molecule has 0 radical (unpaired) electrons. The van der Waals surface area contributed by atoms with Gasteiger partial charge in [0.15, 0.2) is 0 Å². The number of rotatable bonds is 3. The summed E-state index contributed by atoms with van der Waals surface area (Å²) in [6.45, 7) is 8.81. The molecule has 0 unspecified atom stereocenters. The molecule has 0 heterocycles. The fraction of sp³-hybridized carbons (Fsp3) is 0.900. The summed E-state index contributed by atoms with van der Waals surface area (Å²) in [6, 6.07) is 0. The molecule has 0 aromatic heterocycles. The Morgan fingerprint density at radius 2 is 1.25 bits per heavy atom. The molecule has 0 N–H and O–H groups in total. The van der Waals surface area contributed by atoms with Crippen molar-refractivity contribution in [2.24, 2.45) is 16.9 Å². The molecule has 0 bridgehead atoms. The van der Waals surface area contributed by atoms with Gasteiger partial charge in [0.25, 0.3) is 0 Å². The Balaban J connectivity index is 4.63. The Hall–Kier alpha value is -0.370. The van der Waals surface area contributed by atoms with Crippen molar-refractivity contribution in [1.29, 1.82) is 0 Å². The molecule has 2 heteroatoms. The third-order valence-corrected chi connectivity index (χ3v) is 1.60. The molecule has 0 aliphatic carbocycles. The van der Waals surface area contributed by atoms with E-state index in [0.717, 1.165) is 0 Å². The molecule has 0 amide bonds. The quantitative estimate of drug-likeness (QED) is 0.351. The molecule has 12 heavy (non-hydrogen) atoms. The third-order valence-electron chi connectivity index (χ3n) is 1.60. The summed E-state index contributed by atoms with van der Waals surface area (Å²) in [7, 11) is 6.26. The van der Waals surface area contributed by atoms with Gasteiger partial charge in [0.1, 0.15) is 0 Å². The Labute approximate surface area is 76.9 Å². The van der Waals surface area contributed by atoms with E-state index < -0.39 is 0 Å². The molecule has 0 aromatic carbocycles. The van der Waals surface area contributed by atoms with Gasteiger partial charge in [-0.1, -0.05) is 32.8 Å². The van der Waals surface area contributed by atoms with Crippen molar-refractivity contribution in [3.8, 4) is 0 Å². The van der Waals surface area contributed by atoms with Gasteiger partial charge >= 0.3 is 0 Å². The van der Waals surface area contributed by atoms with E-state index >= 15 is 0 Å². The van der Waals surface area contributed by atoms with E-state index in [1.807, 2.05) is 0 Å². The minimum atomic E-state index is 0.558. The fourth-order valence-corrected chi connectivity index (χ4v) is 1.24. The average molecular weight is 171 g/mol. The van der Waals surface area contributed by atoms with Gasteiger partial charge in [0.2, 0.25) is 0 Å². The van der Waals surface area contributed by atoms with Crippen LogP contribution in [0.2, 0.25) is 0 Å². The number of hydrogen-bond donors (Lipinski definition) is 0. The molecular formula is C10H23N2+. The highest BCUT2D eigenvalue weighted by Gasteiger charge is 2.15. The van der Waals surface area contributed by atoms with Crippen LogP contribution in [-0.2, 0) is 0 Å². The van der Waals surface area contributed by atoms with Crippen LogP contribution in [0.25, 0.3) is 0 Å². The third kappa shape index (κ3) is 4.50. The maximum atomic E-state index is 4.66. The summed E-state index contributed by atoms with van der Waals surface area (Å²) in [4.78, 5) is 0. The Morgan fingerprint density at radius 3 is 1.33 bits per heavy atom. The van der Waals surface area contributed by atoms with E-state index in [4.69, 9.17) is 0 Å². The second-order valence-corrected chi connectivity index (χ2v) is 4.78. The highest BCUT2D eigenvalue weighted by atomic mass is 15.6. The van der Waals surface area contributed by atoms with E-state index in [2.05, 4.69) is 53.9 Å². The van der Waals surface area contributed by atoms with Crippen LogP contribution in [0.15, 0.2) is 5.10 Å². The van der Waals surface area contributed by atoms with Crippen LogP contribution in [0.4, 0.5) is 0 Å². The van der Waals surface area contributed by atoms with E-state index in [1.165, 1.54) is 5.71 Å². The second-order valence-electron chi connectivity index (χ2n) is 4.78. The van der Waals surface area contributed by atoms with E-state index in [9.17, 15) is 0 Å². The topological polar surface area (TPSA) is 12.4 Å². The van der Waals surface area contributed by atoms with Gasteiger partial charge in [-0.2, -0.15) is 0 Å². The maximum Gasteiger partial charge on any atom is 0.0923 e. The van der Waals surface area contributed by atoms with Gasteiger partial charge in [-0.05, 0) is 11.8 Å². The lowest BCUT2D eigenvalue weighted by Crippen LogP contribution is -2.32. The highest BCUT2D eigenvalue weighted by Crippen LogP contribution is 2.10. The zero-order valence-electron chi connectivity index (χ0n) is 9.55. The van der Waals surface area contributed by atoms with Gasteiger partial charge in [-0.15, -0.1) is 0 Å². The smallest absolute Gasteiger partial charge is 0.0923 e. The minimum Gasteiger partial charge on any atom is -0.205 e. The first-order valence-corrected chi connectivity index (χ1v) is 4.65. The Kier molecular flexibility index (Phi) is 3.91. The summed E-state index contributed by atoms with van der Waals surface area (Å²) >= 11 is 0. The van der Waals surface area contributed by atoms with Crippen molar-refractivity contribution in [2.45, 2.75) is 27.7 Å². The molecule has 0 aliphatic heterocycles. The molecule has 0 saturated heterocycles. The van der Waals surface area contributed by atoms with Crippen LogP contribution in [0, 0.1) is 11.8 Å². The van der Waals surface area contributed by atoms with Gasteiger partial charge in [0, 0.05) is 0 Å². The molecule has 0 spiro atoms. The summed E-state index contributed by atoms with van der Waals surface area (Å²) in [5.41, 5.74) is 1.31. The predicted octanol–water partition coefficient (Wildman–Crippen LogP) is 2.36. The van der Waals surface area contributed by atoms with Crippen LogP contribution in [-0.4, -0.2) is 31.4 Å². The molecule has 0 rings (SSSR count). The van der Waals surface area contributed by atoms with Crippen LogP contribution >= 0.6 is 0 Å². The SMILES string of the molecule is CC(C)C(=N[N+](C)(C)C)C(C)C. The van der Waals surface area contributed by atoms with E-state index in [0.29, 0.717) is 16.4 Å². The zero-order chi connectivity index (χ0) is 9.94. The lowest BCUT2D eigenvalue weighted by molar-refractivity contribution is -0.877. The first-order chi connectivity index (χ1) is 5.24. The summed E-state index contributed by atoms with van der Waals surface area (Å²) in [5, 5.41) is 4.66. The van der Waals surface area contributed by atoms with E-state index in [1.54, 1.807) is 0 Å². The van der Waals surface area contributed by atoms with Crippen molar-refractivity contribution >= 4 is 5.71 Å². The maximum absolute atomic E-state index is 4.66. The predicted molar refractivity (Wildman–Crippen MR) is 55.1 cm³/mol. The summed E-state index contributed by atoms with van der Waals surface area (Å²) < 4.78 is 0.672. The minimum absolute atomic E-state index is 0.558. The van der Waals surface area contributed by atoms with Crippen LogP contribution in [0.1, 0.15) is 27.7 Å². The molecule has 2 nitrogen and oxygen atoms in total. The molecular weight excluding hydrogens is 148 g/mol. The largest absolute Gasteiger partial charge is 0.205 e. The summed E-state index contributed by atoms with van der Waals surface area (Å²) in [5.74, 6) is 1.12. The number of hydrogen-bond acceptors (Lipinski definition) is 1. The molecule has 0 aromatic rings. The van der Waals surface area contributed by atoms with Gasteiger partial charge in [-0.3, -0.25) is 0 Å². The Morgan fingerprint density at radius 1 is 0.917 bits per heavy atom. The molecule has 0 saturated carbocycles. The number of quaternary nitrogens is 1. The highest BCUT2D eigenvalue weighted by molar-refractivity contribution is 5.87. The molecule has 72 valence electrons. The van der Waals surface area contributed by atoms with Crippen molar-refractivity contribution in [3.63, 3.8) is 0 Å². The van der Waals surface area contributed by atoms with Gasteiger partial charge in [-0.25, -0.2) is 4.59 Å². The monoisotopic (exact) mass is 171 g/mol. The van der Waals surface area contributed by atoms with Crippen molar-refractivity contribution in [3.05, 3.63) is 0 Å². The molecule has 0 aliphatic rings. The van der Waals surface area contributed by atoms with Crippen LogP contribution < -0.4 is 0 Å². The van der Waals surface area contributed by atoms with Crippen LogP contribution in [0.3, 0.4) is 0 Å². The number of nitrogens with zero attached hydrogens (tertiary/aromatic N) is 2. The summed E-state index contributed by atoms with van der Waals surface area (Å²) in [6.07, 6.45) is 0. The molecule has 0 atom stereocenters.